The molecule has 0 unspecified atom stereocenters. The van der Waals surface area contributed by atoms with Crippen LogP contribution in [-0.2, 0) is 10.8 Å². The van der Waals surface area contributed by atoms with Crippen LogP contribution in [0.1, 0.15) is 101 Å². The van der Waals surface area contributed by atoms with Gasteiger partial charge >= 0.3 is 6.92 Å². The molecule has 0 amide bonds. The number of benzene rings is 4. The van der Waals surface area contributed by atoms with E-state index in [4.69, 9.17) is 0 Å². The molecule has 6 rings (SSSR count). The molecule has 0 saturated heterocycles. The normalized spacial score (nSPS) is 15.3. The summed E-state index contributed by atoms with van der Waals surface area (Å²) < 4.78 is 0. The molecule has 1 nitrogen and oxygen atoms in total. The summed E-state index contributed by atoms with van der Waals surface area (Å²) in [5.74, 6) is 0. The topological polar surface area (TPSA) is 20.2 Å². The minimum Gasteiger partial charge on any atom is -0.443 e. The average molecular weight is 527 g/mol. The Morgan fingerprint density at radius 2 is 0.825 bits per heavy atom. The Kier molecular flexibility index (Phi) is 7.26. The Hall–Kier alpha value is -3.10. The molecule has 0 aliphatic heterocycles. The lowest BCUT2D eigenvalue weighted by molar-refractivity contribution is 0.436. The summed E-state index contributed by atoms with van der Waals surface area (Å²) in [6, 6.07) is 31.6. The molecule has 0 fully saturated rings. The van der Waals surface area contributed by atoms with Gasteiger partial charge in [0.15, 0.2) is 0 Å². The fourth-order valence-electron chi connectivity index (χ4n) is 8.51. The van der Waals surface area contributed by atoms with Gasteiger partial charge in [-0.15, -0.1) is 0 Å². The Labute approximate surface area is 241 Å². The lowest BCUT2D eigenvalue weighted by Crippen LogP contribution is -2.43. The summed E-state index contributed by atoms with van der Waals surface area (Å²) >= 11 is 0. The molecule has 0 aromatic heterocycles. The molecule has 0 bridgehead atoms. The highest BCUT2D eigenvalue weighted by atomic mass is 16.2. The first kappa shape index (κ1) is 27.1. The molecular weight excluding hydrogens is 483 g/mol. The van der Waals surface area contributed by atoms with Crippen LogP contribution in [0, 0.1) is 0 Å². The summed E-state index contributed by atoms with van der Waals surface area (Å²) in [6.45, 7) is 8.57. The second kappa shape index (κ2) is 10.7. The lowest BCUT2D eigenvalue weighted by atomic mass is 9.54. The highest BCUT2D eigenvalue weighted by molar-refractivity contribution is 6.79. The van der Waals surface area contributed by atoms with Gasteiger partial charge in [0.1, 0.15) is 0 Å². The Morgan fingerprint density at radius 3 is 1.20 bits per heavy atom. The zero-order valence-electron chi connectivity index (χ0n) is 24.8. The van der Waals surface area contributed by atoms with Crippen LogP contribution in [0.3, 0.4) is 0 Å². The first-order valence-electron chi connectivity index (χ1n) is 15.7. The summed E-state index contributed by atoms with van der Waals surface area (Å²) in [6.07, 6.45) is 9.11. The Morgan fingerprint density at radius 1 is 0.475 bits per heavy atom. The van der Waals surface area contributed by atoms with E-state index in [2.05, 4.69) is 113 Å². The van der Waals surface area contributed by atoms with Gasteiger partial charge in [0.2, 0.25) is 0 Å². The van der Waals surface area contributed by atoms with Crippen molar-refractivity contribution in [2.45, 2.75) is 89.9 Å². The number of hydrogen-bond acceptors (Lipinski definition) is 1. The fraction of sp³-hybridized carbons (Fsp3) is 0.368. The Bertz CT molecular complexity index is 1410. The van der Waals surface area contributed by atoms with E-state index in [9.17, 15) is 5.02 Å². The minimum absolute atomic E-state index is 0.0299. The van der Waals surface area contributed by atoms with Gasteiger partial charge < -0.3 is 5.02 Å². The van der Waals surface area contributed by atoms with Gasteiger partial charge in [0, 0.05) is 10.8 Å². The summed E-state index contributed by atoms with van der Waals surface area (Å²) in [4.78, 5) is 0. The second-order valence-electron chi connectivity index (χ2n) is 12.3. The predicted molar refractivity (Wildman–Crippen MR) is 172 cm³/mol. The largest absolute Gasteiger partial charge is 0.443 e. The molecule has 204 valence electrons. The second-order valence-corrected chi connectivity index (χ2v) is 12.3. The van der Waals surface area contributed by atoms with E-state index in [0.717, 1.165) is 62.3 Å². The molecule has 0 spiro atoms. The van der Waals surface area contributed by atoms with Crippen LogP contribution in [0.4, 0.5) is 0 Å². The first-order valence-corrected chi connectivity index (χ1v) is 15.7. The highest BCUT2D eigenvalue weighted by Gasteiger charge is 2.44. The van der Waals surface area contributed by atoms with Crippen LogP contribution in [0.25, 0.3) is 22.3 Å². The van der Waals surface area contributed by atoms with Crippen molar-refractivity contribution in [3.05, 3.63) is 107 Å². The Balaban J connectivity index is 1.46. The minimum atomic E-state index is -0.648. The molecule has 4 aromatic carbocycles. The maximum atomic E-state index is 11.9. The lowest BCUT2D eigenvalue weighted by Gasteiger charge is -2.33. The van der Waals surface area contributed by atoms with Crippen molar-refractivity contribution in [1.29, 1.82) is 0 Å². The van der Waals surface area contributed by atoms with E-state index in [0.29, 0.717) is 0 Å². The van der Waals surface area contributed by atoms with E-state index in [1.54, 1.807) is 0 Å². The van der Waals surface area contributed by atoms with Crippen molar-refractivity contribution in [2.24, 2.45) is 0 Å². The summed E-state index contributed by atoms with van der Waals surface area (Å²) in [5.41, 5.74) is 13.3. The van der Waals surface area contributed by atoms with Gasteiger partial charge in [0.05, 0.1) is 0 Å². The molecule has 4 aromatic rings. The van der Waals surface area contributed by atoms with Crippen molar-refractivity contribution < 1.29 is 5.02 Å². The molecule has 0 heterocycles. The molecule has 0 atom stereocenters. The highest BCUT2D eigenvalue weighted by Crippen LogP contribution is 2.54. The van der Waals surface area contributed by atoms with Crippen molar-refractivity contribution in [3.63, 3.8) is 0 Å². The van der Waals surface area contributed by atoms with Crippen molar-refractivity contribution >= 4 is 17.8 Å². The van der Waals surface area contributed by atoms with E-state index in [1.807, 2.05) is 0 Å². The smallest absolute Gasteiger partial charge is 0.358 e. The van der Waals surface area contributed by atoms with Crippen LogP contribution in [0.5, 0.6) is 0 Å². The SMILES string of the molecule is CCCC1(CCC)c2ccccc2-c2ccc(B(O)c3ccc4c(c3)C(CCC)(CCC)c3ccccc3-4)cc21. The summed E-state index contributed by atoms with van der Waals surface area (Å²) in [5, 5.41) is 11.9. The molecule has 2 heteroatoms. The van der Waals surface area contributed by atoms with Gasteiger partial charge in [-0.25, -0.2) is 0 Å². The van der Waals surface area contributed by atoms with Gasteiger partial charge in [-0.1, -0.05) is 138 Å². The molecule has 0 saturated carbocycles. The quantitative estimate of drug-likeness (QED) is 0.205. The van der Waals surface area contributed by atoms with Gasteiger partial charge in [0.25, 0.3) is 0 Å². The van der Waals surface area contributed by atoms with Gasteiger partial charge in [-0.2, -0.15) is 0 Å². The van der Waals surface area contributed by atoms with Gasteiger partial charge in [-0.05, 0) is 81.1 Å². The number of fused-ring (bicyclic) bond motifs is 6. The van der Waals surface area contributed by atoms with Crippen molar-refractivity contribution in [1.82, 2.24) is 0 Å². The molecular formula is C38H43BO. The molecule has 40 heavy (non-hydrogen) atoms. The molecule has 1 N–H and O–H groups in total. The van der Waals surface area contributed by atoms with Crippen molar-refractivity contribution in [2.75, 3.05) is 0 Å². The predicted octanol–water partition coefficient (Wildman–Crippen LogP) is 8.52. The van der Waals surface area contributed by atoms with Crippen LogP contribution < -0.4 is 10.9 Å². The monoisotopic (exact) mass is 526 g/mol. The molecule has 2 aliphatic carbocycles. The van der Waals surface area contributed by atoms with Crippen LogP contribution in [0.15, 0.2) is 84.9 Å². The van der Waals surface area contributed by atoms with Crippen molar-refractivity contribution in [3.8, 4) is 22.3 Å². The van der Waals surface area contributed by atoms with E-state index >= 15 is 0 Å². The van der Waals surface area contributed by atoms with E-state index < -0.39 is 6.92 Å². The van der Waals surface area contributed by atoms with E-state index in [-0.39, 0.29) is 10.8 Å². The third-order valence-corrected chi connectivity index (χ3v) is 9.92. The maximum Gasteiger partial charge on any atom is 0.358 e. The third kappa shape index (κ3) is 3.94. The third-order valence-electron chi connectivity index (χ3n) is 9.92. The van der Waals surface area contributed by atoms with Crippen LogP contribution >= 0.6 is 0 Å². The first-order chi connectivity index (χ1) is 19.5. The zero-order valence-corrected chi connectivity index (χ0v) is 24.8. The standard InChI is InChI=1S/C38H43BO/c1-5-21-37(22-6-2)33-15-11-9-13-29(33)31-19-17-27(25-35(31)37)39(40)28-18-20-32-30-14-10-12-16-34(30)38(23-7-3,24-8-4)36(32)26-28/h9-20,25-26,40H,5-8,21-24H2,1-4H3. The van der Waals surface area contributed by atoms with Gasteiger partial charge in [-0.3, -0.25) is 0 Å². The summed E-state index contributed by atoms with van der Waals surface area (Å²) in [7, 11) is 0. The fourth-order valence-corrected chi connectivity index (χ4v) is 8.51. The average Bonchev–Trinajstić information content (AvgIpc) is 3.41. The van der Waals surface area contributed by atoms with Crippen LogP contribution in [-0.4, -0.2) is 11.9 Å². The van der Waals surface area contributed by atoms with E-state index in [1.165, 1.54) is 44.5 Å². The molecule has 2 aliphatic rings. The number of rotatable bonds is 10. The number of hydrogen-bond donors (Lipinski definition) is 1. The molecule has 0 radical (unpaired) electrons. The van der Waals surface area contributed by atoms with Crippen LogP contribution in [0.2, 0.25) is 0 Å². The maximum absolute atomic E-state index is 11.9. The zero-order chi connectivity index (χ0) is 27.9.